The summed E-state index contributed by atoms with van der Waals surface area (Å²) >= 11 is 3.32. The molecule has 3 rings (SSSR count). The number of anilines is 1. The maximum atomic E-state index is 12.3. The van der Waals surface area contributed by atoms with Crippen LogP contribution in [-0.2, 0) is 4.79 Å². The van der Waals surface area contributed by atoms with Gasteiger partial charge in [-0.25, -0.2) is 9.97 Å². The van der Waals surface area contributed by atoms with Gasteiger partial charge in [0.15, 0.2) is 0 Å². The van der Waals surface area contributed by atoms with Crippen LogP contribution in [0.1, 0.15) is 25.7 Å². The van der Waals surface area contributed by atoms with Crippen LogP contribution in [-0.4, -0.2) is 47.0 Å². The molecule has 0 bridgehead atoms. The third-order valence-corrected chi connectivity index (χ3v) is 4.57. The van der Waals surface area contributed by atoms with E-state index in [1.54, 1.807) is 12.4 Å². The molecule has 0 radical (unpaired) electrons. The average Bonchev–Trinajstić information content (AvgIpc) is 2.95. The number of halogens is 1. The second-order valence-electron chi connectivity index (χ2n) is 5.61. The lowest BCUT2D eigenvalue weighted by atomic mass is 10.1. The second-order valence-corrected chi connectivity index (χ2v) is 6.53. The average molecular weight is 339 g/mol. The summed E-state index contributed by atoms with van der Waals surface area (Å²) in [6.07, 6.45) is 8.65. The van der Waals surface area contributed by atoms with E-state index in [0.29, 0.717) is 12.5 Å². The van der Waals surface area contributed by atoms with Gasteiger partial charge in [0.25, 0.3) is 0 Å². The standard InChI is InChI=1S/C14H19BrN4O/c15-12-7-16-14(17-8-12)19-6-5-18(13(20)10-19)9-11-3-1-2-4-11/h7-8,11H,1-6,9-10H2. The van der Waals surface area contributed by atoms with Crippen molar-refractivity contribution in [3.8, 4) is 0 Å². The van der Waals surface area contributed by atoms with Gasteiger partial charge in [-0.1, -0.05) is 12.8 Å². The molecule has 1 aromatic rings. The molecule has 1 aliphatic carbocycles. The third-order valence-electron chi connectivity index (χ3n) is 4.16. The van der Waals surface area contributed by atoms with E-state index in [1.807, 2.05) is 9.80 Å². The van der Waals surface area contributed by atoms with Crippen molar-refractivity contribution in [2.24, 2.45) is 5.92 Å². The van der Waals surface area contributed by atoms with Gasteiger partial charge >= 0.3 is 0 Å². The van der Waals surface area contributed by atoms with Gasteiger partial charge in [-0.3, -0.25) is 4.79 Å². The van der Waals surface area contributed by atoms with Gasteiger partial charge in [0.2, 0.25) is 11.9 Å². The van der Waals surface area contributed by atoms with Crippen LogP contribution in [0, 0.1) is 5.92 Å². The second kappa shape index (κ2) is 6.08. The Morgan fingerprint density at radius 2 is 1.90 bits per heavy atom. The highest BCUT2D eigenvalue weighted by atomic mass is 79.9. The Morgan fingerprint density at radius 1 is 1.20 bits per heavy atom. The molecule has 0 atom stereocenters. The lowest BCUT2D eigenvalue weighted by Gasteiger charge is -2.35. The van der Waals surface area contributed by atoms with Gasteiger partial charge in [-0.2, -0.15) is 0 Å². The van der Waals surface area contributed by atoms with Crippen molar-refractivity contribution in [1.29, 1.82) is 0 Å². The first kappa shape index (κ1) is 13.8. The minimum atomic E-state index is 0.203. The molecule has 0 aromatic carbocycles. The van der Waals surface area contributed by atoms with Crippen molar-refractivity contribution in [3.05, 3.63) is 16.9 Å². The first-order chi connectivity index (χ1) is 9.72. The van der Waals surface area contributed by atoms with E-state index in [9.17, 15) is 4.79 Å². The Labute approximate surface area is 127 Å². The zero-order valence-corrected chi connectivity index (χ0v) is 13.0. The third kappa shape index (κ3) is 3.11. The molecule has 6 heteroatoms. The van der Waals surface area contributed by atoms with Gasteiger partial charge in [-0.15, -0.1) is 0 Å². The molecule has 1 amide bonds. The van der Waals surface area contributed by atoms with E-state index >= 15 is 0 Å². The minimum Gasteiger partial charge on any atom is -0.339 e. The molecule has 2 heterocycles. The molecule has 1 saturated carbocycles. The number of nitrogens with zero attached hydrogens (tertiary/aromatic N) is 4. The molecule has 108 valence electrons. The van der Waals surface area contributed by atoms with Crippen LogP contribution in [0.15, 0.2) is 16.9 Å². The molecule has 1 saturated heterocycles. The number of carbonyl (C=O) groups excluding carboxylic acids is 1. The first-order valence-corrected chi connectivity index (χ1v) is 8.02. The van der Waals surface area contributed by atoms with Crippen LogP contribution in [0.3, 0.4) is 0 Å². The zero-order valence-electron chi connectivity index (χ0n) is 11.5. The number of carbonyl (C=O) groups is 1. The van der Waals surface area contributed by atoms with E-state index in [1.165, 1.54) is 25.7 Å². The zero-order chi connectivity index (χ0) is 13.9. The van der Waals surface area contributed by atoms with Crippen LogP contribution in [0.25, 0.3) is 0 Å². The number of hydrogen-bond acceptors (Lipinski definition) is 4. The summed E-state index contributed by atoms with van der Waals surface area (Å²) in [5.74, 6) is 1.56. The van der Waals surface area contributed by atoms with Gasteiger partial charge in [-0.05, 0) is 34.7 Å². The predicted molar refractivity (Wildman–Crippen MR) is 80.5 cm³/mol. The van der Waals surface area contributed by atoms with Crippen molar-refractivity contribution in [2.45, 2.75) is 25.7 Å². The van der Waals surface area contributed by atoms with Crippen molar-refractivity contribution >= 4 is 27.8 Å². The Bertz CT molecular complexity index is 473. The Balaban J connectivity index is 1.58. The molecule has 5 nitrogen and oxygen atoms in total. The van der Waals surface area contributed by atoms with E-state index < -0.39 is 0 Å². The fourth-order valence-corrected chi connectivity index (χ4v) is 3.25. The normalized spacial score (nSPS) is 20.8. The van der Waals surface area contributed by atoms with Crippen LogP contribution in [0.5, 0.6) is 0 Å². The maximum Gasteiger partial charge on any atom is 0.242 e. The number of piperazine rings is 1. The summed E-state index contributed by atoms with van der Waals surface area (Å²) in [5, 5.41) is 0. The van der Waals surface area contributed by atoms with Crippen molar-refractivity contribution in [2.75, 3.05) is 31.1 Å². The van der Waals surface area contributed by atoms with E-state index in [0.717, 1.165) is 30.0 Å². The predicted octanol–water partition coefficient (Wildman–Crippen LogP) is 2.08. The molecule has 1 aromatic heterocycles. The van der Waals surface area contributed by atoms with Crippen molar-refractivity contribution in [1.82, 2.24) is 14.9 Å². The summed E-state index contributed by atoms with van der Waals surface area (Å²) in [7, 11) is 0. The molecule has 0 spiro atoms. The van der Waals surface area contributed by atoms with Gasteiger partial charge < -0.3 is 9.80 Å². The molecule has 2 aliphatic rings. The molecule has 0 unspecified atom stereocenters. The monoisotopic (exact) mass is 338 g/mol. The number of rotatable bonds is 3. The number of hydrogen-bond donors (Lipinski definition) is 0. The van der Waals surface area contributed by atoms with Gasteiger partial charge in [0, 0.05) is 32.0 Å². The highest BCUT2D eigenvalue weighted by Crippen LogP contribution is 2.26. The van der Waals surface area contributed by atoms with Crippen LogP contribution in [0.2, 0.25) is 0 Å². The summed E-state index contributed by atoms with van der Waals surface area (Å²) < 4.78 is 0.854. The maximum absolute atomic E-state index is 12.3. The number of amides is 1. The molecule has 0 N–H and O–H groups in total. The Hall–Kier alpha value is -1.17. The van der Waals surface area contributed by atoms with Crippen LogP contribution < -0.4 is 4.90 Å². The smallest absolute Gasteiger partial charge is 0.242 e. The van der Waals surface area contributed by atoms with Crippen LogP contribution in [0.4, 0.5) is 5.95 Å². The molecular weight excluding hydrogens is 320 g/mol. The van der Waals surface area contributed by atoms with Gasteiger partial charge in [0.05, 0.1) is 11.0 Å². The molecular formula is C14H19BrN4O. The SMILES string of the molecule is O=C1CN(c2ncc(Br)cn2)CCN1CC1CCCC1. The lowest BCUT2D eigenvalue weighted by molar-refractivity contribution is -0.131. The summed E-state index contributed by atoms with van der Waals surface area (Å²) in [5.41, 5.74) is 0. The summed E-state index contributed by atoms with van der Waals surface area (Å²) in [4.78, 5) is 24.8. The fraction of sp³-hybridized carbons (Fsp3) is 0.643. The summed E-state index contributed by atoms with van der Waals surface area (Å²) in [6, 6.07) is 0. The molecule has 2 fully saturated rings. The van der Waals surface area contributed by atoms with Gasteiger partial charge in [0.1, 0.15) is 0 Å². The summed E-state index contributed by atoms with van der Waals surface area (Å²) in [6.45, 7) is 2.94. The minimum absolute atomic E-state index is 0.203. The van der Waals surface area contributed by atoms with E-state index in [-0.39, 0.29) is 5.91 Å². The Morgan fingerprint density at radius 3 is 2.55 bits per heavy atom. The fourth-order valence-electron chi connectivity index (χ4n) is 3.05. The lowest BCUT2D eigenvalue weighted by Crippen LogP contribution is -2.52. The Kier molecular flexibility index (Phi) is 4.19. The molecule has 20 heavy (non-hydrogen) atoms. The topological polar surface area (TPSA) is 49.3 Å². The van der Waals surface area contributed by atoms with Crippen molar-refractivity contribution in [3.63, 3.8) is 0 Å². The first-order valence-electron chi connectivity index (χ1n) is 7.22. The largest absolute Gasteiger partial charge is 0.339 e. The highest BCUT2D eigenvalue weighted by Gasteiger charge is 2.28. The van der Waals surface area contributed by atoms with E-state index in [2.05, 4.69) is 25.9 Å². The highest BCUT2D eigenvalue weighted by molar-refractivity contribution is 9.10. The van der Waals surface area contributed by atoms with Crippen LogP contribution >= 0.6 is 15.9 Å². The molecule has 1 aliphatic heterocycles. The quantitative estimate of drug-likeness (QED) is 0.846. The number of aromatic nitrogens is 2. The van der Waals surface area contributed by atoms with Crippen molar-refractivity contribution < 1.29 is 4.79 Å². The van der Waals surface area contributed by atoms with E-state index in [4.69, 9.17) is 0 Å².